The van der Waals surface area contributed by atoms with Crippen LogP contribution in [0.25, 0.3) is 0 Å². The van der Waals surface area contributed by atoms with Crippen molar-refractivity contribution in [3.63, 3.8) is 0 Å². The molecule has 0 unspecified atom stereocenters. The molecule has 2 heterocycles. The summed E-state index contributed by atoms with van der Waals surface area (Å²) in [6, 6.07) is 1.75. The van der Waals surface area contributed by atoms with Crippen molar-refractivity contribution < 1.29 is 9.53 Å². The van der Waals surface area contributed by atoms with Crippen molar-refractivity contribution in [3.8, 4) is 0 Å². The number of ether oxygens (including phenoxy) is 1. The summed E-state index contributed by atoms with van der Waals surface area (Å²) in [5.74, 6) is 0. The van der Waals surface area contributed by atoms with Crippen LogP contribution in [0.3, 0.4) is 0 Å². The van der Waals surface area contributed by atoms with Crippen molar-refractivity contribution in [2.75, 3.05) is 13.2 Å². The topological polar surface area (TPSA) is 55.3 Å². The predicted octanol–water partition coefficient (Wildman–Crippen LogP) is 1.64. The van der Waals surface area contributed by atoms with Gasteiger partial charge in [0.25, 0.3) is 0 Å². The first-order valence-electron chi connectivity index (χ1n) is 5.13. The molecule has 6 heteroatoms. The maximum absolute atomic E-state index is 11.5. The molecule has 0 bridgehead atoms. The van der Waals surface area contributed by atoms with E-state index in [0.717, 1.165) is 11.3 Å². The molecule has 0 atom stereocenters. The lowest BCUT2D eigenvalue weighted by Crippen LogP contribution is -2.36. The normalized spacial score (nSPS) is 14.5. The molecule has 1 aromatic rings. The van der Waals surface area contributed by atoms with E-state index in [9.17, 15) is 4.79 Å². The monoisotopic (exact) mass is 241 g/mol. The van der Waals surface area contributed by atoms with E-state index in [1.807, 2.05) is 0 Å². The van der Waals surface area contributed by atoms with E-state index in [1.165, 1.54) is 0 Å². The smallest absolute Gasteiger partial charge is 0.410 e. The molecule has 0 aromatic carbocycles. The number of halogens is 1. The van der Waals surface area contributed by atoms with Gasteiger partial charge >= 0.3 is 6.09 Å². The van der Waals surface area contributed by atoms with E-state index >= 15 is 0 Å². The van der Waals surface area contributed by atoms with Crippen LogP contribution in [-0.4, -0.2) is 34.3 Å². The first kappa shape index (κ1) is 11.1. The Labute approximate surface area is 98.4 Å². The molecular formula is C10H12ClN3O2. The van der Waals surface area contributed by atoms with Crippen LogP contribution in [0, 0.1) is 0 Å². The van der Waals surface area contributed by atoms with Crippen LogP contribution in [0.2, 0.25) is 5.15 Å². The van der Waals surface area contributed by atoms with Gasteiger partial charge in [-0.05, 0) is 18.6 Å². The molecule has 1 aromatic heterocycles. The molecule has 0 fully saturated rings. The Balaban J connectivity index is 2.13. The summed E-state index contributed by atoms with van der Waals surface area (Å²) in [6.45, 7) is 3.28. The largest absolute Gasteiger partial charge is 0.450 e. The van der Waals surface area contributed by atoms with Crippen molar-refractivity contribution in [2.45, 2.75) is 19.9 Å². The van der Waals surface area contributed by atoms with Gasteiger partial charge in [-0.1, -0.05) is 11.6 Å². The van der Waals surface area contributed by atoms with Gasteiger partial charge in [-0.25, -0.2) is 4.79 Å². The number of aromatic nitrogens is 2. The summed E-state index contributed by atoms with van der Waals surface area (Å²) in [5.41, 5.74) is 1.85. The second-order valence-corrected chi connectivity index (χ2v) is 3.90. The Hall–Kier alpha value is -1.36. The summed E-state index contributed by atoms with van der Waals surface area (Å²) in [4.78, 5) is 13.2. The molecule has 0 saturated carbocycles. The second-order valence-electron chi connectivity index (χ2n) is 3.51. The first-order chi connectivity index (χ1) is 7.70. The molecular weight excluding hydrogens is 230 g/mol. The van der Waals surface area contributed by atoms with Crippen molar-refractivity contribution in [1.29, 1.82) is 0 Å². The Morgan fingerprint density at radius 2 is 2.44 bits per heavy atom. The molecule has 5 nitrogen and oxygen atoms in total. The zero-order chi connectivity index (χ0) is 11.5. The number of nitrogens with zero attached hydrogens (tertiary/aromatic N) is 3. The van der Waals surface area contributed by atoms with Gasteiger partial charge in [-0.2, -0.15) is 5.10 Å². The zero-order valence-corrected chi connectivity index (χ0v) is 9.70. The highest BCUT2D eigenvalue weighted by molar-refractivity contribution is 6.29. The van der Waals surface area contributed by atoms with Crippen molar-refractivity contribution >= 4 is 17.7 Å². The fourth-order valence-corrected chi connectivity index (χ4v) is 1.84. The lowest BCUT2D eigenvalue weighted by atomic mass is 10.1. The minimum Gasteiger partial charge on any atom is -0.450 e. The third kappa shape index (κ3) is 2.24. The lowest BCUT2D eigenvalue weighted by molar-refractivity contribution is 0.102. The summed E-state index contributed by atoms with van der Waals surface area (Å²) in [5, 5.41) is 8.13. The van der Waals surface area contributed by atoms with Gasteiger partial charge in [-0.3, -0.25) is 0 Å². The van der Waals surface area contributed by atoms with E-state index in [-0.39, 0.29) is 6.09 Å². The highest BCUT2D eigenvalue weighted by Crippen LogP contribution is 2.19. The average molecular weight is 242 g/mol. The molecule has 0 aliphatic carbocycles. The van der Waals surface area contributed by atoms with Gasteiger partial charge < -0.3 is 9.64 Å². The maximum atomic E-state index is 11.5. The molecule has 1 aliphatic rings. The van der Waals surface area contributed by atoms with Gasteiger partial charge in [0, 0.05) is 13.0 Å². The highest BCUT2D eigenvalue weighted by Gasteiger charge is 2.22. The Morgan fingerprint density at radius 3 is 3.19 bits per heavy atom. The number of hydrogen-bond acceptors (Lipinski definition) is 4. The van der Waals surface area contributed by atoms with Crippen LogP contribution in [0.15, 0.2) is 6.07 Å². The lowest BCUT2D eigenvalue weighted by Gasteiger charge is -2.26. The fourth-order valence-electron chi connectivity index (χ4n) is 1.67. The zero-order valence-electron chi connectivity index (χ0n) is 8.94. The van der Waals surface area contributed by atoms with E-state index in [2.05, 4.69) is 10.2 Å². The van der Waals surface area contributed by atoms with E-state index in [4.69, 9.17) is 16.3 Å². The molecule has 0 saturated heterocycles. The Kier molecular flexibility index (Phi) is 3.24. The summed E-state index contributed by atoms with van der Waals surface area (Å²) < 4.78 is 4.94. The molecule has 0 spiro atoms. The first-order valence-corrected chi connectivity index (χ1v) is 5.51. The molecule has 0 radical (unpaired) electrons. The van der Waals surface area contributed by atoms with Gasteiger partial charge in [0.05, 0.1) is 18.8 Å². The minimum atomic E-state index is -0.291. The number of rotatable bonds is 1. The fraction of sp³-hybridized carbons (Fsp3) is 0.500. The van der Waals surface area contributed by atoms with Crippen molar-refractivity contribution in [2.24, 2.45) is 0 Å². The van der Waals surface area contributed by atoms with Gasteiger partial charge in [0.15, 0.2) is 5.15 Å². The minimum absolute atomic E-state index is 0.291. The third-order valence-electron chi connectivity index (χ3n) is 2.44. The summed E-state index contributed by atoms with van der Waals surface area (Å²) in [6.07, 6.45) is 0.402. The van der Waals surface area contributed by atoms with E-state index < -0.39 is 0 Å². The summed E-state index contributed by atoms with van der Waals surface area (Å²) >= 11 is 5.76. The average Bonchev–Trinajstić information content (AvgIpc) is 2.28. The van der Waals surface area contributed by atoms with Crippen LogP contribution >= 0.6 is 11.6 Å². The Bertz CT molecular complexity index is 411. The number of amides is 1. The van der Waals surface area contributed by atoms with Gasteiger partial charge in [0.1, 0.15) is 0 Å². The van der Waals surface area contributed by atoms with Crippen LogP contribution in [0.4, 0.5) is 4.79 Å². The molecule has 86 valence electrons. The summed E-state index contributed by atoms with van der Waals surface area (Å²) in [7, 11) is 0. The van der Waals surface area contributed by atoms with Crippen LogP contribution < -0.4 is 0 Å². The number of carbonyl (C=O) groups is 1. The van der Waals surface area contributed by atoms with Gasteiger partial charge in [-0.15, -0.1) is 5.10 Å². The molecule has 2 rings (SSSR count). The Morgan fingerprint density at radius 1 is 1.62 bits per heavy atom. The molecule has 1 aliphatic heterocycles. The molecule has 0 N–H and O–H groups in total. The van der Waals surface area contributed by atoms with Gasteiger partial charge in [0.2, 0.25) is 0 Å². The number of carbonyl (C=O) groups excluding carboxylic acids is 1. The van der Waals surface area contributed by atoms with Crippen LogP contribution in [0.1, 0.15) is 18.2 Å². The molecule has 16 heavy (non-hydrogen) atoms. The highest BCUT2D eigenvalue weighted by atomic mass is 35.5. The predicted molar refractivity (Wildman–Crippen MR) is 58.2 cm³/mol. The van der Waals surface area contributed by atoms with Crippen molar-refractivity contribution in [1.82, 2.24) is 15.1 Å². The van der Waals surface area contributed by atoms with Crippen LogP contribution in [-0.2, 0) is 17.7 Å². The second kappa shape index (κ2) is 4.65. The van der Waals surface area contributed by atoms with E-state index in [1.54, 1.807) is 17.9 Å². The van der Waals surface area contributed by atoms with E-state index in [0.29, 0.717) is 31.3 Å². The van der Waals surface area contributed by atoms with Crippen LogP contribution in [0.5, 0.6) is 0 Å². The molecule has 1 amide bonds. The maximum Gasteiger partial charge on any atom is 0.410 e. The SMILES string of the molecule is CCOC(=O)N1CCc2nnc(Cl)cc2C1. The standard InChI is InChI=1S/C10H12ClN3O2/c1-2-16-10(15)14-4-3-8-7(6-14)5-9(11)13-12-8/h5H,2-4,6H2,1H3. The third-order valence-corrected chi connectivity index (χ3v) is 2.62. The quantitative estimate of drug-likeness (QED) is 0.750. The number of hydrogen-bond donors (Lipinski definition) is 0. The number of fused-ring (bicyclic) bond motifs is 1. The van der Waals surface area contributed by atoms with Crippen molar-refractivity contribution in [3.05, 3.63) is 22.5 Å².